The van der Waals surface area contributed by atoms with Crippen molar-refractivity contribution in [2.75, 3.05) is 6.54 Å². The Labute approximate surface area is 255 Å². The van der Waals surface area contributed by atoms with E-state index in [1.807, 2.05) is 60.3 Å². The molecule has 2 aliphatic carbocycles. The maximum atomic E-state index is 14.1. The third-order valence-electron chi connectivity index (χ3n) is 8.02. The number of fused-ring (bicyclic) bond motifs is 1. The van der Waals surface area contributed by atoms with Gasteiger partial charge in [0.25, 0.3) is 0 Å². The van der Waals surface area contributed by atoms with Gasteiger partial charge in [-0.15, -0.1) is 9.24 Å². The van der Waals surface area contributed by atoms with Crippen LogP contribution in [0.2, 0.25) is 0 Å². The summed E-state index contributed by atoms with van der Waals surface area (Å²) < 4.78 is 16.3. The SMILES string of the molecule is C/C=C\C=C1/CN(C(N)=N/C(=C\P)C2=CCCC(C#N)C=C2)C=C1c1c(/C=C\F)n(C2=CC=CCC2C)c2ccccc12. The van der Waals surface area contributed by atoms with Gasteiger partial charge in [0.15, 0.2) is 0 Å². The van der Waals surface area contributed by atoms with Gasteiger partial charge in [0, 0.05) is 34.3 Å². The highest BCUT2D eigenvalue weighted by Gasteiger charge is 2.29. The van der Waals surface area contributed by atoms with Crippen LogP contribution in [0.15, 0.2) is 119 Å². The van der Waals surface area contributed by atoms with Gasteiger partial charge in [-0.3, -0.25) is 0 Å². The van der Waals surface area contributed by atoms with Gasteiger partial charge in [-0.25, -0.2) is 9.38 Å². The number of rotatable bonds is 6. The molecule has 2 N–H and O–H groups in total. The van der Waals surface area contributed by atoms with Crippen LogP contribution in [0, 0.1) is 23.2 Å². The maximum absolute atomic E-state index is 14.1. The number of aromatic nitrogens is 1. The van der Waals surface area contributed by atoms with Gasteiger partial charge < -0.3 is 15.2 Å². The molecule has 0 radical (unpaired) electrons. The highest BCUT2D eigenvalue weighted by Crippen LogP contribution is 2.42. The van der Waals surface area contributed by atoms with Gasteiger partial charge in [0.1, 0.15) is 0 Å². The summed E-state index contributed by atoms with van der Waals surface area (Å²) in [5, 5.41) is 10.4. The summed E-state index contributed by atoms with van der Waals surface area (Å²) in [5.74, 6) is 2.38. The normalized spacial score (nSPS) is 22.4. The van der Waals surface area contributed by atoms with Crippen molar-refractivity contribution < 1.29 is 4.39 Å². The fraction of sp³-hybridized carbons (Fsp3) is 0.222. The van der Waals surface area contributed by atoms with Crippen LogP contribution in [0.3, 0.4) is 0 Å². The fourth-order valence-corrected chi connectivity index (χ4v) is 6.10. The quantitative estimate of drug-likeness (QED) is 0.208. The first-order chi connectivity index (χ1) is 21.0. The van der Waals surface area contributed by atoms with E-state index in [-0.39, 0.29) is 11.8 Å². The van der Waals surface area contributed by atoms with E-state index in [0.29, 0.717) is 18.8 Å². The zero-order valence-electron chi connectivity index (χ0n) is 24.6. The molecule has 43 heavy (non-hydrogen) atoms. The van der Waals surface area contributed by atoms with Crippen LogP contribution in [0.25, 0.3) is 28.2 Å². The van der Waals surface area contributed by atoms with Crippen molar-refractivity contribution in [3.63, 3.8) is 0 Å². The molecule has 0 fully saturated rings. The number of hydrogen-bond donors (Lipinski definition) is 1. The van der Waals surface area contributed by atoms with Crippen molar-refractivity contribution in [2.45, 2.75) is 33.1 Å². The van der Waals surface area contributed by atoms with E-state index < -0.39 is 0 Å². The summed E-state index contributed by atoms with van der Waals surface area (Å²) in [6.45, 7) is 4.70. The lowest BCUT2D eigenvalue weighted by Gasteiger charge is -2.21. The molecule has 218 valence electrons. The number of aliphatic imine (C=N–C) groups is 1. The van der Waals surface area contributed by atoms with Crippen molar-refractivity contribution in [3.8, 4) is 6.07 Å². The highest BCUT2D eigenvalue weighted by atomic mass is 31.0. The van der Waals surface area contributed by atoms with Crippen LogP contribution in [0.5, 0.6) is 0 Å². The van der Waals surface area contributed by atoms with Gasteiger partial charge >= 0.3 is 0 Å². The van der Waals surface area contributed by atoms with E-state index in [1.54, 1.807) is 6.08 Å². The Balaban J connectivity index is 1.64. The largest absolute Gasteiger partial charge is 0.369 e. The molecule has 3 atom stereocenters. The van der Waals surface area contributed by atoms with Crippen molar-refractivity contribution in [3.05, 3.63) is 125 Å². The fourth-order valence-electron chi connectivity index (χ4n) is 5.83. The van der Waals surface area contributed by atoms with Gasteiger partial charge in [-0.1, -0.05) is 73.7 Å². The number of para-hydroxylation sites is 1. The Morgan fingerprint density at radius 1 is 1.28 bits per heavy atom. The Hall–Kier alpha value is -4.46. The van der Waals surface area contributed by atoms with Gasteiger partial charge in [-0.05, 0) is 61.4 Å². The molecule has 5 nitrogen and oxygen atoms in total. The van der Waals surface area contributed by atoms with Crippen LogP contribution in [-0.4, -0.2) is 22.0 Å². The second kappa shape index (κ2) is 13.7. The topological polar surface area (TPSA) is 70.3 Å². The number of guanidine groups is 1. The van der Waals surface area contributed by atoms with E-state index in [2.05, 4.69) is 69.3 Å². The number of nitriles is 1. The van der Waals surface area contributed by atoms with E-state index in [0.717, 1.165) is 69.5 Å². The molecule has 0 bridgehead atoms. The Morgan fingerprint density at radius 3 is 2.86 bits per heavy atom. The van der Waals surface area contributed by atoms with Gasteiger partial charge in [0.2, 0.25) is 5.96 Å². The molecule has 0 amide bonds. The molecule has 0 saturated carbocycles. The molecule has 0 spiro atoms. The summed E-state index contributed by atoms with van der Waals surface area (Å²) in [5.41, 5.74) is 14.3. The molecule has 3 aliphatic rings. The van der Waals surface area contributed by atoms with E-state index >= 15 is 0 Å². The second-order valence-corrected chi connectivity index (χ2v) is 11.1. The van der Waals surface area contributed by atoms with E-state index in [9.17, 15) is 9.65 Å². The number of halogens is 1. The number of nitrogens with two attached hydrogens (primary N) is 1. The first-order valence-corrected chi connectivity index (χ1v) is 15.3. The maximum Gasteiger partial charge on any atom is 0.200 e. The summed E-state index contributed by atoms with van der Waals surface area (Å²) >= 11 is 0. The summed E-state index contributed by atoms with van der Waals surface area (Å²) in [6, 6.07) is 10.6. The van der Waals surface area contributed by atoms with Crippen LogP contribution in [0.4, 0.5) is 4.39 Å². The summed E-state index contributed by atoms with van der Waals surface area (Å²) in [4.78, 5) is 6.76. The Morgan fingerprint density at radius 2 is 2.12 bits per heavy atom. The third kappa shape index (κ3) is 6.19. The molecular weight excluding hydrogens is 552 g/mol. The molecule has 1 aromatic carbocycles. The first kappa shape index (κ1) is 30.0. The third-order valence-corrected chi connectivity index (χ3v) is 8.33. The predicted molar refractivity (Wildman–Crippen MR) is 182 cm³/mol. The van der Waals surface area contributed by atoms with Crippen molar-refractivity contribution in [2.24, 2.45) is 22.6 Å². The van der Waals surface area contributed by atoms with Crippen LogP contribution in [-0.2, 0) is 0 Å². The Kier molecular flexibility index (Phi) is 9.55. The average Bonchev–Trinajstić information content (AvgIpc) is 3.48. The van der Waals surface area contributed by atoms with Crippen LogP contribution in [0.1, 0.15) is 44.4 Å². The van der Waals surface area contributed by atoms with Crippen molar-refractivity contribution in [1.29, 1.82) is 5.26 Å². The second-order valence-electron chi connectivity index (χ2n) is 10.8. The number of hydrogen-bond acceptors (Lipinski definition) is 2. The molecule has 1 aliphatic heterocycles. The smallest absolute Gasteiger partial charge is 0.200 e. The van der Waals surface area contributed by atoms with E-state index in [1.165, 1.54) is 0 Å². The monoisotopic (exact) mass is 589 g/mol. The van der Waals surface area contributed by atoms with E-state index in [4.69, 9.17) is 10.7 Å². The zero-order valence-corrected chi connectivity index (χ0v) is 25.8. The average molecular weight is 590 g/mol. The van der Waals surface area contributed by atoms with Crippen LogP contribution < -0.4 is 5.73 Å². The Bertz CT molecular complexity index is 1750. The molecule has 7 heteroatoms. The minimum Gasteiger partial charge on any atom is -0.369 e. The van der Waals surface area contributed by atoms with Gasteiger partial charge in [0.05, 0.1) is 41.8 Å². The number of allylic oxidation sites excluding steroid dienone is 10. The zero-order chi connectivity index (χ0) is 30.3. The lowest BCUT2D eigenvalue weighted by Crippen LogP contribution is -2.32. The minimum absolute atomic E-state index is 0.109. The summed E-state index contributed by atoms with van der Waals surface area (Å²) in [6.07, 6.45) is 25.2. The van der Waals surface area contributed by atoms with Crippen molar-refractivity contribution >= 4 is 43.4 Å². The molecule has 2 aromatic rings. The highest BCUT2D eigenvalue weighted by molar-refractivity contribution is 7.20. The molecular formula is C36H37FN5P. The molecule has 1 aromatic heterocycles. The first-order valence-electron chi connectivity index (χ1n) is 14.6. The number of benzene rings is 1. The lowest BCUT2D eigenvalue weighted by molar-refractivity contribution is 0.628. The van der Waals surface area contributed by atoms with Crippen molar-refractivity contribution in [1.82, 2.24) is 9.47 Å². The van der Waals surface area contributed by atoms with Crippen LogP contribution >= 0.6 is 9.24 Å². The minimum atomic E-state index is -0.109. The molecule has 2 heterocycles. The standard InChI is InChI=1S/C36H37FN5P/c1-3-4-12-28-22-41(36(39)40-31(24-43)27-13-9-11-26(21-38)17-18-27)23-30(28)35-29-14-6-8-16-33(29)42(34(35)19-20-37)32-15-7-5-10-25(32)2/h3-8,12-20,23-26H,9-11,22,43H2,1-2H3,(H2,39,40)/b4-3-,20-19-,28-12+,31-24-. The lowest BCUT2D eigenvalue weighted by atomic mass is 9.96. The molecule has 3 unspecified atom stereocenters. The molecule has 5 rings (SSSR count). The number of nitrogens with zero attached hydrogens (tertiary/aromatic N) is 4. The molecule has 0 saturated heterocycles. The predicted octanol–water partition coefficient (Wildman–Crippen LogP) is 8.62. The van der Waals surface area contributed by atoms with Gasteiger partial charge in [-0.2, -0.15) is 5.26 Å². The summed E-state index contributed by atoms with van der Waals surface area (Å²) in [7, 11) is 2.62.